The van der Waals surface area contributed by atoms with Gasteiger partial charge in [-0.3, -0.25) is 0 Å². The Hall–Kier alpha value is -1.31. The van der Waals surface area contributed by atoms with Crippen LogP contribution in [0.3, 0.4) is 0 Å². The third-order valence-corrected chi connectivity index (χ3v) is 3.01. The average Bonchev–Trinajstić information content (AvgIpc) is 2.23. The van der Waals surface area contributed by atoms with E-state index in [2.05, 4.69) is 0 Å². The Bertz CT molecular complexity index is 523. The summed E-state index contributed by atoms with van der Waals surface area (Å²) >= 11 is 0. The van der Waals surface area contributed by atoms with Gasteiger partial charge in [-0.1, -0.05) is 20.8 Å². The molecular weight excluding hydrogens is 303 g/mol. The molecule has 0 saturated heterocycles. The van der Waals surface area contributed by atoms with E-state index < -0.39 is 46.3 Å². The van der Waals surface area contributed by atoms with Crippen molar-refractivity contribution in [2.75, 3.05) is 0 Å². The summed E-state index contributed by atoms with van der Waals surface area (Å²) in [7, 11) is 0. The number of rotatable bonds is 1. The van der Waals surface area contributed by atoms with E-state index in [-0.39, 0.29) is 12.1 Å². The van der Waals surface area contributed by atoms with E-state index >= 15 is 0 Å². The van der Waals surface area contributed by atoms with Crippen LogP contribution in [0.25, 0.3) is 0 Å². The van der Waals surface area contributed by atoms with Gasteiger partial charge in [0, 0.05) is 11.6 Å². The van der Waals surface area contributed by atoms with E-state index in [1.54, 1.807) is 0 Å². The molecule has 2 N–H and O–H groups in total. The highest BCUT2D eigenvalue weighted by molar-refractivity contribution is 5.39. The van der Waals surface area contributed by atoms with Crippen LogP contribution >= 0.6 is 0 Å². The van der Waals surface area contributed by atoms with Gasteiger partial charge in [-0.05, 0) is 17.5 Å². The van der Waals surface area contributed by atoms with Gasteiger partial charge in [-0.25, -0.2) is 4.39 Å². The van der Waals surface area contributed by atoms with Gasteiger partial charge in [-0.2, -0.15) is 26.3 Å². The van der Waals surface area contributed by atoms with Gasteiger partial charge >= 0.3 is 12.4 Å². The van der Waals surface area contributed by atoms with Crippen LogP contribution in [-0.2, 0) is 12.4 Å². The Labute approximate surface area is 116 Å². The minimum absolute atomic E-state index is 0.0379. The smallest absolute Gasteiger partial charge is 0.323 e. The molecule has 120 valence electrons. The molecule has 0 bridgehead atoms. The molecule has 1 atom stereocenters. The standard InChI is InChI=1S/C13H14F7N/c1-11(2,3)10(21)9-7(13(18,19)20)4-6(5-8(9)14)12(15,16)17/h4-5,10H,21H2,1-3H3/t10-/m0/s1. The van der Waals surface area contributed by atoms with Gasteiger partial charge in [0.1, 0.15) is 5.82 Å². The van der Waals surface area contributed by atoms with Gasteiger partial charge < -0.3 is 5.73 Å². The second-order valence-corrected chi connectivity index (χ2v) is 5.76. The van der Waals surface area contributed by atoms with Crippen LogP contribution in [0, 0.1) is 11.2 Å². The van der Waals surface area contributed by atoms with Crippen molar-refractivity contribution >= 4 is 0 Å². The Balaban J connectivity index is 3.66. The molecule has 0 saturated carbocycles. The molecule has 0 fully saturated rings. The third kappa shape index (κ3) is 3.87. The lowest BCUT2D eigenvalue weighted by atomic mass is 9.80. The van der Waals surface area contributed by atoms with Gasteiger partial charge in [0.05, 0.1) is 11.1 Å². The Morgan fingerprint density at radius 2 is 1.38 bits per heavy atom. The molecule has 0 unspecified atom stereocenters. The van der Waals surface area contributed by atoms with Crippen LogP contribution in [-0.4, -0.2) is 0 Å². The summed E-state index contributed by atoms with van der Waals surface area (Å²) in [5, 5.41) is 0. The van der Waals surface area contributed by atoms with Crippen LogP contribution in [0.2, 0.25) is 0 Å². The molecule has 0 aliphatic carbocycles. The van der Waals surface area contributed by atoms with Crippen molar-refractivity contribution in [3.63, 3.8) is 0 Å². The molecule has 8 heteroatoms. The minimum Gasteiger partial charge on any atom is -0.323 e. The van der Waals surface area contributed by atoms with Crippen molar-refractivity contribution in [3.8, 4) is 0 Å². The van der Waals surface area contributed by atoms with E-state index in [0.717, 1.165) is 0 Å². The maximum atomic E-state index is 13.9. The molecule has 0 amide bonds. The largest absolute Gasteiger partial charge is 0.416 e. The highest BCUT2D eigenvalue weighted by Gasteiger charge is 2.42. The third-order valence-electron chi connectivity index (χ3n) is 3.01. The van der Waals surface area contributed by atoms with Crippen molar-refractivity contribution in [1.82, 2.24) is 0 Å². The van der Waals surface area contributed by atoms with Gasteiger partial charge in [0.2, 0.25) is 0 Å². The lowest BCUT2D eigenvalue weighted by Crippen LogP contribution is -2.30. The van der Waals surface area contributed by atoms with E-state index in [1.165, 1.54) is 20.8 Å². The maximum Gasteiger partial charge on any atom is 0.416 e. The van der Waals surface area contributed by atoms with Crippen LogP contribution in [0.5, 0.6) is 0 Å². The fourth-order valence-corrected chi connectivity index (χ4v) is 1.77. The van der Waals surface area contributed by atoms with Gasteiger partial charge in [0.15, 0.2) is 0 Å². The minimum atomic E-state index is -5.14. The maximum absolute atomic E-state index is 13.9. The fourth-order valence-electron chi connectivity index (χ4n) is 1.77. The summed E-state index contributed by atoms with van der Waals surface area (Å²) in [4.78, 5) is 0. The van der Waals surface area contributed by atoms with Gasteiger partial charge in [0.25, 0.3) is 0 Å². The number of nitrogens with two attached hydrogens (primary N) is 1. The zero-order valence-electron chi connectivity index (χ0n) is 11.5. The van der Waals surface area contributed by atoms with E-state index in [0.29, 0.717) is 0 Å². The first-order valence-electron chi connectivity index (χ1n) is 5.89. The fraction of sp³-hybridized carbons (Fsp3) is 0.538. The van der Waals surface area contributed by atoms with Crippen molar-refractivity contribution in [2.45, 2.75) is 39.2 Å². The van der Waals surface area contributed by atoms with Gasteiger partial charge in [-0.15, -0.1) is 0 Å². The summed E-state index contributed by atoms with van der Waals surface area (Å²) in [5.74, 6) is -1.61. The molecule has 0 spiro atoms. The Morgan fingerprint density at radius 1 is 0.905 bits per heavy atom. The van der Waals surface area contributed by atoms with Crippen LogP contribution in [0.4, 0.5) is 30.7 Å². The second kappa shape index (κ2) is 5.15. The van der Waals surface area contributed by atoms with E-state index in [9.17, 15) is 30.7 Å². The Morgan fingerprint density at radius 3 is 1.71 bits per heavy atom. The molecule has 1 aromatic rings. The number of halogens is 7. The molecule has 0 radical (unpaired) electrons. The number of alkyl halides is 6. The van der Waals surface area contributed by atoms with Crippen molar-refractivity contribution in [3.05, 3.63) is 34.6 Å². The predicted molar refractivity (Wildman–Crippen MR) is 62.8 cm³/mol. The first-order valence-corrected chi connectivity index (χ1v) is 5.89. The summed E-state index contributed by atoms with van der Waals surface area (Å²) < 4.78 is 90.4. The average molecular weight is 317 g/mol. The number of hydrogen-bond acceptors (Lipinski definition) is 1. The zero-order chi connectivity index (χ0) is 16.8. The molecule has 1 rings (SSSR count). The summed E-state index contributed by atoms with van der Waals surface area (Å²) in [6.45, 7) is 4.40. The monoisotopic (exact) mass is 317 g/mol. The quantitative estimate of drug-likeness (QED) is 0.732. The molecule has 0 aromatic heterocycles. The summed E-state index contributed by atoms with van der Waals surface area (Å²) in [5.41, 5.74) is 0.301. The first-order chi connectivity index (χ1) is 9.15. The second-order valence-electron chi connectivity index (χ2n) is 5.76. The first kappa shape index (κ1) is 17.7. The van der Waals surface area contributed by atoms with E-state index in [1.807, 2.05) is 0 Å². The molecule has 0 aliphatic rings. The zero-order valence-corrected chi connectivity index (χ0v) is 11.5. The van der Waals surface area contributed by atoms with E-state index in [4.69, 9.17) is 5.73 Å². The highest BCUT2D eigenvalue weighted by atomic mass is 19.4. The lowest BCUT2D eigenvalue weighted by Gasteiger charge is -2.30. The summed E-state index contributed by atoms with van der Waals surface area (Å²) in [6.07, 6.45) is -10.2. The van der Waals surface area contributed by atoms with Crippen LogP contribution in [0.15, 0.2) is 12.1 Å². The highest BCUT2D eigenvalue weighted by Crippen LogP contribution is 2.43. The molecule has 0 aliphatic heterocycles. The predicted octanol–water partition coefficient (Wildman–Crippen LogP) is 4.91. The normalized spacial score (nSPS) is 15.2. The molecule has 0 heterocycles. The van der Waals surface area contributed by atoms with Crippen LogP contribution < -0.4 is 5.73 Å². The molecule has 1 nitrogen and oxygen atoms in total. The molecule has 21 heavy (non-hydrogen) atoms. The van der Waals surface area contributed by atoms with Crippen molar-refractivity contribution in [2.24, 2.45) is 11.1 Å². The number of benzene rings is 1. The van der Waals surface area contributed by atoms with Crippen molar-refractivity contribution in [1.29, 1.82) is 0 Å². The lowest BCUT2D eigenvalue weighted by molar-refractivity contribution is -0.144. The van der Waals surface area contributed by atoms with Crippen molar-refractivity contribution < 1.29 is 30.7 Å². The molecule has 1 aromatic carbocycles. The topological polar surface area (TPSA) is 26.0 Å². The summed E-state index contributed by atoms with van der Waals surface area (Å²) in [6, 6.07) is -1.48. The Kier molecular flexibility index (Phi) is 4.35. The SMILES string of the molecule is CC(C)(C)[C@@H](N)c1c(F)cc(C(F)(F)F)cc1C(F)(F)F. The van der Waals surface area contributed by atoms with Crippen LogP contribution in [0.1, 0.15) is 43.5 Å². The molecular formula is C13H14F7N. The number of hydrogen-bond donors (Lipinski definition) is 1.